The highest BCUT2D eigenvalue weighted by Crippen LogP contribution is 2.15. The average Bonchev–Trinajstić information content (AvgIpc) is 3.00. The summed E-state index contributed by atoms with van der Waals surface area (Å²) < 4.78 is 4.36. The fraction of sp³-hybridized carbons (Fsp3) is 0.462. The van der Waals surface area contributed by atoms with Gasteiger partial charge in [-0.1, -0.05) is 11.6 Å². The van der Waals surface area contributed by atoms with E-state index in [0.717, 1.165) is 23.1 Å². The zero-order valence-corrected chi connectivity index (χ0v) is 14.2. The van der Waals surface area contributed by atoms with E-state index in [1.165, 1.54) is 0 Å². The molecule has 0 spiro atoms. The SMILES string of the molecule is Cc1nn(C(C)C(=O)NCCCn2cc(Br)cn2)cc1Cl. The fourth-order valence-electron chi connectivity index (χ4n) is 1.84. The lowest BCUT2D eigenvalue weighted by molar-refractivity contribution is -0.124. The number of halogens is 2. The number of nitrogens with one attached hydrogen (secondary N) is 1. The summed E-state index contributed by atoms with van der Waals surface area (Å²) in [7, 11) is 0. The first kappa shape index (κ1) is 16.0. The Labute approximate surface area is 136 Å². The van der Waals surface area contributed by atoms with Crippen LogP contribution in [0, 0.1) is 6.92 Å². The highest BCUT2D eigenvalue weighted by Gasteiger charge is 2.16. The minimum absolute atomic E-state index is 0.0733. The molecule has 0 saturated heterocycles. The zero-order chi connectivity index (χ0) is 15.4. The molecule has 8 heteroatoms. The molecule has 0 fully saturated rings. The van der Waals surface area contributed by atoms with Crippen LogP contribution in [0.25, 0.3) is 0 Å². The summed E-state index contributed by atoms with van der Waals surface area (Å²) in [5.74, 6) is -0.0733. The smallest absolute Gasteiger partial charge is 0.244 e. The zero-order valence-electron chi connectivity index (χ0n) is 11.9. The third-order valence-electron chi connectivity index (χ3n) is 3.10. The lowest BCUT2D eigenvalue weighted by Gasteiger charge is -2.12. The number of hydrogen-bond acceptors (Lipinski definition) is 3. The van der Waals surface area contributed by atoms with Crippen LogP contribution in [-0.2, 0) is 11.3 Å². The van der Waals surface area contributed by atoms with Gasteiger partial charge < -0.3 is 5.32 Å². The molecule has 0 aliphatic rings. The first-order valence-electron chi connectivity index (χ1n) is 6.64. The second-order valence-electron chi connectivity index (χ2n) is 4.78. The molecule has 1 amide bonds. The number of carbonyl (C=O) groups is 1. The Hall–Kier alpha value is -1.34. The molecule has 2 rings (SSSR count). The number of rotatable bonds is 6. The summed E-state index contributed by atoms with van der Waals surface area (Å²) in [6.07, 6.45) is 6.12. The van der Waals surface area contributed by atoms with E-state index < -0.39 is 0 Å². The van der Waals surface area contributed by atoms with Crippen molar-refractivity contribution in [2.24, 2.45) is 0 Å². The maximum absolute atomic E-state index is 12.0. The number of carbonyl (C=O) groups excluding carboxylic acids is 1. The molecule has 2 aromatic heterocycles. The van der Waals surface area contributed by atoms with Gasteiger partial charge >= 0.3 is 0 Å². The topological polar surface area (TPSA) is 64.7 Å². The number of aryl methyl sites for hydroxylation is 2. The molecule has 0 aromatic carbocycles. The van der Waals surface area contributed by atoms with Gasteiger partial charge in [-0.25, -0.2) is 0 Å². The van der Waals surface area contributed by atoms with Gasteiger partial charge in [-0.05, 0) is 36.2 Å². The predicted octanol–water partition coefficient (Wildman–Crippen LogP) is 2.57. The summed E-state index contributed by atoms with van der Waals surface area (Å²) in [5, 5.41) is 11.8. The molecule has 2 heterocycles. The van der Waals surface area contributed by atoms with Crippen LogP contribution < -0.4 is 5.32 Å². The Balaban J connectivity index is 1.76. The second-order valence-corrected chi connectivity index (χ2v) is 6.11. The normalized spacial score (nSPS) is 12.4. The maximum atomic E-state index is 12.0. The summed E-state index contributed by atoms with van der Waals surface area (Å²) in [5.41, 5.74) is 0.723. The van der Waals surface area contributed by atoms with Crippen molar-refractivity contribution in [2.75, 3.05) is 6.54 Å². The molecular formula is C13H17BrClN5O. The molecule has 1 unspecified atom stereocenters. The lowest BCUT2D eigenvalue weighted by Crippen LogP contribution is -2.32. The van der Waals surface area contributed by atoms with E-state index in [2.05, 4.69) is 31.4 Å². The van der Waals surface area contributed by atoms with E-state index in [1.807, 2.05) is 17.8 Å². The molecule has 21 heavy (non-hydrogen) atoms. The van der Waals surface area contributed by atoms with Gasteiger partial charge in [0.05, 0.1) is 21.4 Å². The van der Waals surface area contributed by atoms with Crippen molar-refractivity contribution in [3.8, 4) is 0 Å². The van der Waals surface area contributed by atoms with Crippen molar-refractivity contribution in [2.45, 2.75) is 32.9 Å². The number of aromatic nitrogens is 4. The van der Waals surface area contributed by atoms with Gasteiger partial charge in [-0.2, -0.15) is 10.2 Å². The Kier molecular flexibility index (Phi) is 5.41. The quantitative estimate of drug-likeness (QED) is 0.790. The number of amides is 1. The summed E-state index contributed by atoms with van der Waals surface area (Å²) in [6, 6.07) is -0.380. The van der Waals surface area contributed by atoms with Crippen molar-refractivity contribution in [1.82, 2.24) is 24.9 Å². The van der Waals surface area contributed by atoms with Crippen molar-refractivity contribution in [3.63, 3.8) is 0 Å². The Morgan fingerprint density at radius 3 is 2.86 bits per heavy atom. The van der Waals surface area contributed by atoms with Crippen molar-refractivity contribution < 1.29 is 4.79 Å². The van der Waals surface area contributed by atoms with Gasteiger partial charge in [-0.15, -0.1) is 0 Å². The predicted molar refractivity (Wildman–Crippen MR) is 84.2 cm³/mol. The van der Waals surface area contributed by atoms with Crippen LogP contribution in [0.3, 0.4) is 0 Å². The maximum Gasteiger partial charge on any atom is 0.244 e. The molecular weight excluding hydrogens is 358 g/mol. The van der Waals surface area contributed by atoms with Crippen molar-refractivity contribution in [3.05, 3.63) is 33.8 Å². The second kappa shape index (κ2) is 7.09. The first-order chi connectivity index (χ1) is 9.97. The highest BCUT2D eigenvalue weighted by molar-refractivity contribution is 9.10. The van der Waals surface area contributed by atoms with Gasteiger partial charge in [0, 0.05) is 25.5 Å². The molecule has 0 bridgehead atoms. The first-order valence-corrected chi connectivity index (χ1v) is 7.81. The number of hydrogen-bond donors (Lipinski definition) is 1. The van der Waals surface area contributed by atoms with Gasteiger partial charge in [0.15, 0.2) is 0 Å². The Morgan fingerprint density at radius 2 is 2.29 bits per heavy atom. The molecule has 0 aliphatic heterocycles. The molecule has 0 radical (unpaired) electrons. The standard InChI is InChI=1S/C13H17BrClN5O/c1-9-12(15)8-20(18-9)10(2)13(21)16-4-3-5-19-7-11(14)6-17-19/h6-8,10H,3-5H2,1-2H3,(H,16,21). The van der Waals surface area contributed by atoms with Crippen LogP contribution in [-0.4, -0.2) is 32.0 Å². The number of nitrogens with zero attached hydrogens (tertiary/aromatic N) is 4. The van der Waals surface area contributed by atoms with Crippen LogP contribution >= 0.6 is 27.5 Å². The van der Waals surface area contributed by atoms with E-state index in [0.29, 0.717) is 11.6 Å². The Morgan fingerprint density at radius 1 is 1.52 bits per heavy atom. The minimum Gasteiger partial charge on any atom is -0.354 e. The van der Waals surface area contributed by atoms with Crippen molar-refractivity contribution in [1.29, 1.82) is 0 Å². The molecule has 1 N–H and O–H groups in total. The van der Waals surface area contributed by atoms with Crippen LogP contribution in [0.4, 0.5) is 0 Å². The monoisotopic (exact) mass is 373 g/mol. The molecule has 0 aliphatic carbocycles. The molecule has 0 saturated carbocycles. The summed E-state index contributed by atoms with van der Waals surface area (Å²) in [6.45, 7) is 4.95. The Bertz CT molecular complexity index is 604. The van der Waals surface area contributed by atoms with Crippen LogP contribution in [0.5, 0.6) is 0 Å². The van der Waals surface area contributed by atoms with E-state index in [4.69, 9.17) is 11.6 Å². The summed E-state index contributed by atoms with van der Waals surface area (Å²) in [4.78, 5) is 12.0. The van der Waals surface area contributed by atoms with Crippen LogP contribution in [0.2, 0.25) is 5.02 Å². The molecule has 114 valence electrons. The average molecular weight is 375 g/mol. The van der Waals surface area contributed by atoms with Crippen LogP contribution in [0.1, 0.15) is 25.1 Å². The largest absolute Gasteiger partial charge is 0.354 e. The van der Waals surface area contributed by atoms with Gasteiger partial charge in [0.2, 0.25) is 5.91 Å². The van der Waals surface area contributed by atoms with Gasteiger partial charge in [0.1, 0.15) is 6.04 Å². The lowest BCUT2D eigenvalue weighted by atomic mass is 10.3. The van der Waals surface area contributed by atoms with Crippen LogP contribution in [0.15, 0.2) is 23.1 Å². The van der Waals surface area contributed by atoms with E-state index in [9.17, 15) is 4.79 Å². The van der Waals surface area contributed by atoms with Gasteiger partial charge in [0.25, 0.3) is 0 Å². The van der Waals surface area contributed by atoms with E-state index in [1.54, 1.807) is 24.0 Å². The molecule has 6 nitrogen and oxygen atoms in total. The van der Waals surface area contributed by atoms with E-state index in [-0.39, 0.29) is 11.9 Å². The molecule has 2 aromatic rings. The van der Waals surface area contributed by atoms with E-state index >= 15 is 0 Å². The third-order valence-corrected chi connectivity index (χ3v) is 3.88. The highest BCUT2D eigenvalue weighted by atomic mass is 79.9. The van der Waals surface area contributed by atoms with Gasteiger partial charge in [-0.3, -0.25) is 14.2 Å². The summed E-state index contributed by atoms with van der Waals surface area (Å²) >= 11 is 9.29. The fourth-order valence-corrected chi connectivity index (χ4v) is 2.30. The van der Waals surface area contributed by atoms with Crippen molar-refractivity contribution >= 4 is 33.4 Å². The third kappa shape index (κ3) is 4.31. The molecule has 1 atom stereocenters. The minimum atomic E-state index is -0.380.